The summed E-state index contributed by atoms with van der Waals surface area (Å²) in [7, 11) is 0. The summed E-state index contributed by atoms with van der Waals surface area (Å²) in [5.74, 6) is 0.705. The third kappa shape index (κ3) is 1.22. The van der Waals surface area contributed by atoms with E-state index >= 15 is 0 Å². The molecule has 1 aliphatic heterocycles. The highest BCUT2D eigenvalue weighted by Gasteiger charge is 2.34. The van der Waals surface area contributed by atoms with Crippen molar-refractivity contribution < 1.29 is 9.53 Å². The quantitative estimate of drug-likeness (QED) is 0.639. The molecule has 0 unspecified atom stereocenters. The summed E-state index contributed by atoms with van der Waals surface area (Å²) in [6, 6.07) is 7.41. The van der Waals surface area contributed by atoms with Gasteiger partial charge in [0, 0.05) is 0 Å². The number of carbonyl (C=O) groups is 1. The largest absolute Gasteiger partial charge is 0.484 e. The number of para-hydroxylation sites is 1. The molecule has 74 valence electrons. The van der Waals surface area contributed by atoms with E-state index in [1.54, 1.807) is 0 Å². The van der Waals surface area contributed by atoms with Crippen molar-refractivity contribution in [2.75, 3.05) is 0 Å². The van der Waals surface area contributed by atoms with Gasteiger partial charge in [-0.2, -0.15) is 0 Å². The molecular formula is C13H10O2. The van der Waals surface area contributed by atoms with E-state index in [-0.39, 0.29) is 17.8 Å². The fourth-order valence-electron chi connectivity index (χ4n) is 2.04. The van der Waals surface area contributed by atoms with Gasteiger partial charge >= 0.3 is 0 Å². The molecule has 1 aromatic rings. The Labute approximate surface area is 87.9 Å². The highest BCUT2D eigenvalue weighted by Crippen LogP contribution is 2.32. The van der Waals surface area contributed by atoms with Gasteiger partial charge in [0.05, 0.1) is 11.5 Å². The Kier molecular flexibility index (Phi) is 1.75. The number of ether oxygens (including phenoxy) is 1. The normalized spacial score (nSPS) is 26.8. The molecule has 0 fully saturated rings. The Balaban J connectivity index is 2.11. The maximum atomic E-state index is 12.1. The van der Waals surface area contributed by atoms with Gasteiger partial charge in [0.1, 0.15) is 11.9 Å². The van der Waals surface area contributed by atoms with Gasteiger partial charge in [-0.05, 0) is 18.2 Å². The van der Waals surface area contributed by atoms with E-state index in [9.17, 15) is 4.79 Å². The van der Waals surface area contributed by atoms with Crippen molar-refractivity contribution >= 4 is 5.78 Å². The highest BCUT2D eigenvalue weighted by molar-refractivity contribution is 6.03. The number of fused-ring (bicyclic) bond motifs is 2. The van der Waals surface area contributed by atoms with Crippen LogP contribution in [0.2, 0.25) is 0 Å². The lowest BCUT2D eigenvalue weighted by atomic mass is 9.87. The van der Waals surface area contributed by atoms with E-state index in [1.165, 1.54) is 0 Å². The van der Waals surface area contributed by atoms with E-state index in [4.69, 9.17) is 4.74 Å². The van der Waals surface area contributed by atoms with Crippen LogP contribution in [-0.2, 0) is 0 Å². The minimum absolute atomic E-state index is 0.127. The van der Waals surface area contributed by atoms with Gasteiger partial charge in [-0.1, -0.05) is 30.4 Å². The van der Waals surface area contributed by atoms with Gasteiger partial charge < -0.3 is 4.74 Å². The van der Waals surface area contributed by atoms with Crippen molar-refractivity contribution in [3.05, 3.63) is 54.1 Å². The molecule has 2 aliphatic rings. The van der Waals surface area contributed by atoms with Gasteiger partial charge in [-0.15, -0.1) is 0 Å². The minimum atomic E-state index is -0.148. The molecular weight excluding hydrogens is 188 g/mol. The summed E-state index contributed by atoms with van der Waals surface area (Å²) in [5, 5.41) is 0. The first-order valence-corrected chi connectivity index (χ1v) is 5.01. The molecule has 0 spiro atoms. The third-order valence-corrected chi connectivity index (χ3v) is 2.80. The molecule has 0 bridgehead atoms. The average Bonchev–Trinajstić information content (AvgIpc) is 2.30. The molecule has 2 atom stereocenters. The first-order chi connectivity index (χ1) is 7.36. The molecule has 0 saturated carbocycles. The van der Waals surface area contributed by atoms with E-state index in [2.05, 4.69) is 0 Å². The van der Waals surface area contributed by atoms with Crippen molar-refractivity contribution in [2.24, 2.45) is 5.92 Å². The summed E-state index contributed by atoms with van der Waals surface area (Å²) < 4.78 is 5.75. The number of rotatable bonds is 0. The Morgan fingerprint density at radius 1 is 1.07 bits per heavy atom. The smallest absolute Gasteiger partial charge is 0.177 e. The van der Waals surface area contributed by atoms with Crippen LogP contribution in [0.25, 0.3) is 0 Å². The molecule has 0 radical (unpaired) electrons. The summed E-state index contributed by atoms with van der Waals surface area (Å²) in [6.45, 7) is 0. The number of allylic oxidation sites excluding steroid dienone is 2. The second-order valence-electron chi connectivity index (χ2n) is 3.74. The Hall–Kier alpha value is -1.83. The van der Waals surface area contributed by atoms with Crippen LogP contribution in [-0.4, -0.2) is 11.9 Å². The molecule has 1 aliphatic carbocycles. The van der Waals surface area contributed by atoms with Gasteiger partial charge in [0.2, 0.25) is 0 Å². The topological polar surface area (TPSA) is 26.3 Å². The molecule has 1 aromatic carbocycles. The van der Waals surface area contributed by atoms with E-state index < -0.39 is 0 Å². The molecule has 0 amide bonds. The summed E-state index contributed by atoms with van der Waals surface area (Å²) in [4.78, 5) is 12.1. The Morgan fingerprint density at radius 2 is 1.87 bits per heavy atom. The van der Waals surface area contributed by atoms with Gasteiger partial charge in [-0.3, -0.25) is 4.79 Å². The first kappa shape index (κ1) is 8.48. The third-order valence-electron chi connectivity index (χ3n) is 2.80. The van der Waals surface area contributed by atoms with Crippen molar-refractivity contribution in [3.8, 4) is 5.75 Å². The lowest BCUT2D eigenvalue weighted by Crippen LogP contribution is -2.36. The maximum absolute atomic E-state index is 12.1. The number of Topliss-reactive ketones (excluding diaryl/α,β-unsaturated/α-hetero) is 1. The molecule has 2 nitrogen and oxygen atoms in total. The van der Waals surface area contributed by atoms with E-state index in [0.29, 0.717) is 11.3 Å². The molecule has 2 heteroatoms. The summed E-state index contributed by atoms with van der Waals surface area (Å²) >= 11 is 0. The maximum Gasteiger partial charge on any atom is 0.177 e. The van der Waals surface area contributed by atoms with E-state index in [0.717, 1.165) is 0 Å². The van der Waals surface area contributed by atoms with Crippen molar-refractivity contribution in [2.45, 2.75) is 6.10 Å². The monoisotopic (exact) mass is 198 g/mol. The number of benzene rings is 1. The van der Waals surface area contributed by atoms with Crippen LogP contribution in [0.3, 0.4) is 0 Å². The van der Waals surface area contributed by atoms with Crippen LogP contribution >= 0.6 is 0 Å². The number of carbonyl (C=O) groups excluding carboxylic acids is 1. The second kappa shape index (κ2) is 3.09. The molecule has 15 heavy (non-hydrogen) atoms. The lowest BCUT2D eigenvalue weighted by Gasteiger charge is -2.30. The van der Waals surface area contributed by atoms with Gasteiger partial charge in [0.15, 0.2) is 5.78 Å². The van der Waals surface area contributed by atoms with Crippen LogP contribution < -0.4 is 4.74 Å². The minimum Gasteiger partial charge on any atom is -0.484 e. The first-order valence-electron chi connectivity index (χ1n) is 5.01. The predicted molar refractivity (Wildman–Crippen MR) is 57.0 cm³/mol. The average molecular weight is 198 g/mol. The molecule has 3 rings (SSSR count). The molecule has 1 heterocycles. The lowest BCUT2D eigenvalue weighted by molar-refractivity contribution is 0.0807. The fourth-order valence-corrected chi connectivity index (χ4v) is 2.04. The molecule has 0 aromatic heterocycles. The number of hydrogen-bond donors (Lipinski definition) is 0. The van der Waals surface area contributed by atoms with Crippen molar-refractivity contribution in [3.63, 3.8) is 0 Å². The molecule has 0 N–H and O–H groups in total. The Bertz CT molecular complexity index is 471. The van der Waals surface area contributed by atoms with Gasteiger partial charge in [0.25, 0.3) is 0 Å². The Morgan fingerprint density at radius 3 is 2.80 bits per heavy atom. The summed E-state index contributed by atoms with van der Waals surface area (Å²) in [6.07, 6.45) is 7.53. The summed E-state index contributed by atoms with van der Waals surface area (Å²) in [5.41, 5.74) is 0.693. The predicted octanol–water partition coefficient (Wildman–Crippen LogP) is 2.37. The van der Waals surface area contributed by atoms with Crippen molar-refractivity contribution in [1.82, 2.24) is 0 Å². The van der Waals surface area contributed by atoms with Crippen LogP contribution in [0, 0.1) is 5.92 Å². The zero-order chi connectivity index (χ0) is 10.3. The number of ketones is 1. The SMILES string of the molecule is O=C1c2ccccc2O[C@H]2C=CC=C[C@H]12. The van der Waals surface area contributed by atoms with E-state index in [1.807, 2.05) is 48.6 Å². The fraction of sp³-hybridized carbons (Fsp3) is 0.154. The van der Waals surface area contributed by atoms with Crippen LogP contribution in [0.15, 0.2) is 48.6 Å². The highest BCUT2D eigenvalue weighted by atomic mass is 16.5. The zero-order valence-electron chi connectivity index (χ0n) is 8.09. The van der Waals surface area contributed by atoms with Crippen LogP contribution in [0.4, 0.5) is 0 Å². The van der Waals surface area contributed by atoms with Crippen LogP contribution in [0.5, 0.6) is 5.75 Å². The van der Waals surface area contributed by atoms with Gasteiger partial charge in [-0.25, -0.2) is 0 Å². The standard InChI is InChI=1S/C13H10O2/c14-13-9-5-1-3-7-11(9)15-12-8-4-2-6-10(12)13/h1-9,11H/t9-,11-/m0/s1. The van der Waals surface area contributed by atoms with Crippen LogP contribution in [0.1, 0.15) is 10.4 Å². The molecule has 0 saturated heterocycles. The zero-order valence-corrected chi connectivity index (χ0v) is 8.09. The second-order valence-corrected chi connectivity index (χ2v) is 3.74. The number of hydrogen-bond acceptors (Lipinski definition) is 2. The van der Waals surface area contributed by atoms with Crippen molar-refractivity contribution in [1.29, 1.82) is 0 Å².